The molecule has 3 heteroatoms. The molecule has 0 aromatic heterocycles. The zero-order chi connectivity index (χ0) is 21.8. The Labute approximate surface area is 183 Å². The van der Waals surface area contributed by atoms with Crippen molar-refractivity contribution in [2.75, 3.05) is 0 Å². The molecule has 3 nitrogen and oxygen atoms in total. The van der Waals surface area contributed by atoms with Crippen LogP contribution < -0.4 is 0 Å². The summed E-state index contributed by atoms with van der Waals surface area (Å²) in [6, 6.07) is 0. The van der Waals surface area contributed by atoms with Gasteiger partial charge in [-0.15, -0.1) is 0 Å². The third kappa shape index (κ3) is 3.43. The molecule has 9 atom stereocenters. The number of aliphatic hydroxyl groups is 2. The second-order valence-corrected chi connectivity index (χ2v) is 12.2. The largest absolute Gasteiger partial charge is 0.393 e. The summed E-state index contributed by atoms with van der Waals surface area (Å²) in [7, 11) is 0. The van der Waals surface area contributed by atoms with Crippen molar-refractivity contribution in [2.24, 2.45) is 46.3 Å². The molecule has 3 saturated carbocycles. The van der Waals surface area contributed by atoms with E-state index in [4.69, 9.17) is 0 Å². The maximum atomic E-state index is 12.0. The number of aliphatic hydroxyl groups excluding tert-OH is 2. The summed E-state index contributed by atoms with van der Waals surface area (Å²) < 4.78 is 0. The summed E-state index contributed by atoms with van der Waals surface area (Å²) in [4.78, 5) is 12.0. The minimum absolute atomic E-state index is 0.0606. The number of fused-ring (bicyclic) bond motifs is 5. The van der Waals surface area contributed by atoms with Crippen LogP contribution in [0, 0.1) is 46.3 Å². The molecule has 0 aliphatic heterocycles. The summed E-state index contributed by atoms with van der Waals surface area (Å²) in [5.74, 6) is 3.06. The summed E-state index contributed by atoms with van der Waals surface area (Å²) >= 11 is 0. The minimum Gasteiger partial charge on any atom is -0.393 e. The number of carbonyl (C=O) groups is 1. The van der Waals surface area contributed by atoms with Crippen molar-refractivity contribution in [3.63, 3.8) is 0 Å². The number of hydrogen-bond donors (Lipinski definition) is 2. The van der Waals surface area contributed by atoms with Crippen molar-refractivity contribution < 1.29 is 15.0 Å². The molecule has 0 radical (unpaired) electrons. The van der Waals surface area contributed by atoms with Crippen molar-refractivity contribution in [3.8, 4) is 0 Å². The van der Waals surface area contributed by atoms with Gasteiger partial charge in [0.05, 0.1) is 12.2 Å². The van der Waals surface area contributed by atoms with Crippen LogP contribution in [0.15, 0.2) is 11.6 Å². The molecule has 3 fully saturated rings. The fraction of sp³-hybridized carbons (Fsp3) is 0.889. The molecule has 0 aromatic carbocycles. The van der Waals surface area contributed by atoms with E-state index in [9.17, 15) is 15.0 Å². The van der Waals surface area contributed by atoms with E-state index in [1.54, 1.807) is 0 Å². The first-order chi connectivity index (χ1) is 14.1. The van der Waals surface area contributed by atoms with Gasteiger partial charge in [0.25, 0.3) is 0 Å². The topological polar surface area (TPSA) is 57.5 Å². The van der Waals surface area contributed by atoms with Crippen LogP contribution in [-0.4, -0.2) is 28.2 Å². The highest BCUT2D eigenvalue weighted by atomic mass is 16.3. The Hall–Kier alpha value is -0.670. The molecule has 4 rings (SSSR count). The number of carbonyl (C=O) groups excluding carboxylic acids is 1. The molecule has 0 unspecified atom stereocenters. The van der Waals surface area contributed by atoms with E-state index in [0.29, 0.717) is 30.1 Å². The minimum atomic E-state index is -0.354. The quantitative estimate of drug-likeness (QED) is 0.619. The fourth-order valence-corrected chi connectivity index (χ4v) is 8.61. The van der Waals surface area contributed by atoms with Gasteiger partial charge < -0.3 is 10.2 Å². The lowest BCUT2D eigenvalue weighted by molar-refractivity contribution is -0.144. The van der Waals surface area contributed by atoms with Crippen LogP contribution >= 0.6 is 0 Å². The first-order valence-electron chi connectivity index (χ1n) is 12.7. The van der Waals surface area contributed by atoms with E-state index in [2.05, 4.69) is 34.6 Å². The Kier molecular flexibility index (Phi) is 6.03. The van der Waals surface area contributed by atoms with Gasteiger partial charge in [0.1, 0.15) is 0 Å². The molecule has 0 amide bonds. The molecule has 0 heterocycles. The highest BCUT2D eigenvalue weighted by molar-refractivity contribution is 5.91. The lowest BCUT2D eigenvalue weighted by Crippen LogP contribution is -2.57. The molecule has 170 valence electrons. The van der Waals surface area contributed by atoms with Gasteiger partial charge in [-0.1, -0.05) is 59.5 Å². The summed E-state index contributed by atoms with van der Waals surface area (Å²) in [5, 5.41) is 22.8. The second kappa shape index (κ2) is 8.03. The lowest BCUT2D eigenvalue weighted by Gasteiger charge is -2.60. The number of ketones is 1. The van der Waals surface area contributed by atoms with Crippen LogP contribution in [0.1, 0.15) is 92.4 Å². The van der Waals surface area contributed by atoms with Gasteiger partial charge in [-0.25, -0.2) is 0 Å². The molecule has 4 aliphatic carbocycles. The average Bonchev–Trinajstić information content (AvgIpc) is 2.95. The van der Waals surface area contributed by atoms with Gasteiger partial charge in [0, 0.05) is 11.8 Å². The van der Waals surface area contributed by atoms with E-state index in [-0.39, 0.29) is 34.7 Å². The normalized spacial score (nSPS) is 46.8. The second-order valence-electron chi connectivity index (χ2n) is 12.2. The average molecular weight is 417 g/mol. The van der Waals surface area contributed by atoms with Crippen molar-refractivity contribution in [2.45, 2.75) is 105 Å². The Morgan fingerprint density at radius 3 is 2.50 bits per heavy atom. The molecular formula is C27H44O3. The first kappa shape index (κ1) is 22.5. The van der Waals surface area contributed by atoms with Crippen LogP contribution in [0.3, 0.4) is 0 Å². The van der Waals surface area contributed by atoms with Gasteiger partial charge in [-0.05, 0) is 79.1 Å². The predicted molar refractivity (Wildman–Crippen MR) is 121 cm³/mol. The Morgan fingerprint density at radius 1 is 1.07 bits per heavy atom. The van der Waals surface area contributed by atoms with Crippen LogP contribution in [0.25, 0.3) is 0 Å². The van der Waals surface area contributed by atoms with E-state index < -0.39 is 0 Å². The fourth-order valence-electron chi connectivity index (χ4n) is 8.61. The molecule has 0 aromatic rings. The van der Waals surface area contributed by atoms with Crippen molar-refractivity contribution >= 4 is 5.78 Å². The van der Waals surface area contributed by atoms with Crippen LogP contribution in [0.2, 0.25) is 0 Å². The maximum absolute atomic E-state index is 12.0. The van der Waals surface area contributed by atoms with Crippen LogP contribution in [0.5, 0.6) is 0 Å². The van der Waals surface area contributed by atoms with Crippen LogP contribution in [-0.2, 0) is 4.79 Å². The predicted octanol–water partition coefficient (Wildman–Crippen LogP) is 5.54. The molecule has 4 aliphatic rings. The molecule has 0 saturated heterocycles. The van der Waals surface area contributed by atoms with E-state index in [0.717, 1.165) is 44.4 Å². The summed E-state index contributed by atoms with van der Waals surface area (Å²) in [6.07, 6.45) is 10.3. The number of allylic oxidation sites excluding steroid dienone is 1. The van der Waals surface area contributed by atoms with E-state index >= 15 is 0 Å². The zero-order valence-corrected chi connectivity index (χ0v) is 19.9. The van der Waals surface area contributed by atoms with Crippen LogP contribution in [0.4, 0.5) is 0 Å². The maximum Gasteiger partial charge on any atom is 0.155 e. The Morgan fingerprint density at radius 2 is 1.80 bits per heavy atom. The van der Waals surface area contributed by atoms with E-state index in [1.807, 2.05) is 6.08 Å². The first-order valence-corrected chi connectivity index (χ1v) is 12.7. The van der Waals surface area contributed by atoms with Crippen molar-refractivity contribution in [1.82, 2.24) is 0 Å². The molecule has 30 heavy (non-hydrogen) atoms. The monoisotopic (exact) mass is 416 g/mol. The highest BCUT2D eigenvalue weighted by Crippen LogP contribution is 2.67. The van der Waals surface area contributed by atoms with Crippen molar-refractivity contribution in [1.29, 1.82) is 0 Å². The van der Waals surface area contributed by atoms with Gasteiger partial charge in [0.15, 0.2) is 5.78 Å². The Balaban J connectivity index is 1.59. The number of rotatable bonds is 5. The Bertz CT molecular complexity index is 696. The SMILES string of the molecule is CC(C)CCC[C@@H](C)[C@H]1[C@@H](O)C[C@H]2[C@@H]3CCC4=CC(=O)CC[C@]4(C)[C@H]3C[C@H](O)[C@]12C. The summed E-state index contributed by atoms with van der Waals surface area (Å²) in [6.45, 7) is 11.5. The van der Waals surface area contributed by atoms with E-state index in [1.165, 1.54) is 18.4 Å². The molecule has 0 bridgehead atoms. The number of hydrogen-bond acceptors (Lipinski definition) is 3. The smallest absolute Gasteiger partial charge is 0.155 e. The third-order valence-corrected chi connectivity index (χ3v) is 10.2. The molecule has 0 spiro atoms. The standard InChI is InChI=1S/C27H44O3/c1-16(2)7-6-8-17(3)25-23(29)14-22-20-10-9-18-13-19(28)11-12-26(18,4)21(20)15-24(30)27(22,25)5/h13,16-17,20-25,29-30H,6-12,14-15H2,1-5H3/t17-,20-,21+,22+,23+,24+,25+,26+,27-/m1/s1. The molecule has 2 N–H and O–H groups in total. The van der Waals surface area contributed by atoms with Gasteiger partial charge in [-0.2, -0.15) is 0 Å². The van der Waals surface area contributed by atoms with Gasteiger partial charge in [-0.3, -0.25) is 4.79 Å². The zero-order valence-electron chi connectivity index (χ0n) is 19.9. The van der Waals surface area contributed by atoms with Gasteiger partial charge in [0.2, 0.25) is 0 Å². The third-order valence-electron chi connectivity index (χ3n) is 10.2. The highest BCUT2D eigenvalue weighted by Gasteiger charge is 2.65. The van der Waals surface area contributed by atoms with Gasteiger partial charge >= 0.3 is 0 Å². The van der Waals surface area contributed by atoms with Crippen molar-refractivity contribution in [3.05, 3.63) is 11.6 Å². The lowest BCUT2D eigenvalue weighted by atomic mass is 9.45. The summed E-state index contributed by atoms with van der Waals surface area (Å²) in [5.41, 5.74) is 1.22. The molecular weight excluding hydrogens is 372 g/mol.